The number of hydrogen-bond donors (Lipinski definition) is 3. The zero-order valence-corrected chi connectivity index (χ0v) is 25.3. The minimum absolute atomic E-state index is 0.0501. The Kier molecular flexibility index (Phi) is 10.7. The van der Waals surface area contributed by atoms with Gasteiger partial charge in [0.1, 0.15) is 17.5 Å². The van der Waals surface area contributed by atoms with Gasteiger partial charge in [-0.25, -0.2) is 0 Å². The SMILES string of the molecule is CC[C@H]1C(=O)N(Cc2cccc(OC(F)(F)F)c2)C#SCN1C(=O)[C@@H](O)C(Cc1ccccc1)NC(=O)c1cccc(O)c1C. The van der Waals surface area contributed by atoms with Gasteiger partial charge in [0.25, 0.3) is 17.7 Å². The van der Waals surface area contributed by atoms with E-state index in [2.05, 4.69) is 15.4 Å². The van der Waals surface area contributed by atoms with Crippen LogP contribution in [0.4, 0.5) is 13.2 Å². The van der Waals surface area contributed by atoms with E-state index >= 15 is 0 Å². The van der Waals surface area contributed by atoms with Gasteiger partial charge in [0.05, 0.1) is 18.5 Å². The molecule has 9 nitrogen and oxygen atoms in total. The van der Waals surface area contributed by atoms with Crippen LogP contribution in [-0.2, 0) is 22.6 Å². The van der Waals surface area contributed by atoms with Crippen LogP contribution in [-0.4, -0.2) is 68.2 Å². The van der Waals surface area contributed by atoms with Crippen molar-refractivity contribution in [2.45, 2.75) is 57.8 Å². The molecule has 1 aliphatic rings. The van der Waals surface area contributed by atoms with Gasteiger partial charge in [0, 0.05) is 16.4 Å². The Morgan fingerprint density at radius 3 is 2.47 bits per heavy atom. The maximum Gasteiger partial charge on any atom is 0.573 e. The highest BCUT2D eigenvalue weighted by Gasteiger charge is 2.39. The van der Waals surface area contributed by atoms with Gasteiger partial charge in [-0.15, -0.1) is 13.2 Å². The molecule has 238 valence electrons. The van der Waals surface area contributed by atoms with Crippen molar-refractivity contribution in [1.29, 1.82) is 0 Å². The number of phenols is 1. The first kappa shape index (κ1) is 33.3. The first-order valence-electron chi connectivity index (χ1n) is 14.0. The Morgan fingerprint density at radius 1 is 1.09 bits per heavy atom. The summed E-state index contributed by atoms with van der Waals surface area (Å²) < 4.78 is 42.1. The van der Waals surface area contributed by atoms with E-state index in [0.717, 1.165) is 28.9 Å². The molecule has 0 bridgehead atoms. The Balaban J connectivity index is 1.55. The van der Waals surface area contributed by atoms with E-state index in [1.807, 2.05) is 0 Å². The number of aliphatic hydroxyl groups excluding tert-OH is 1. The van der Waals surface area contributed by atoms with Gasteiger partial charge in [-0.3, -0.25) is 19.3 Å². The van der Waals surface area contributed by atoms with Gasteiger partial charge in [0.15, 0.2) is 6.10 Å². The summed E-state index contributed by atoms with van der Waals surface area (Å²) in [5.74, 6) is -2.50. The number of amides is 3. The third-order valence-electron chi connectivity index (χ3n) is 7.25. The van der Waals surface area contributed by atoms with Gasteiger partial charge < -0.3 is 25.2 Å². The molecule has 3 atom stereocenters. The number of nitrogens with one attached hydrogen (secondary N) is 1. The van der Waals surface area contributed by atoms with Crippen molar-refractivity contribution in [3.63, 3.8) is 0 Å². The Bertz CT molecular complexity index is 1610. The van der Waals surface area contributed by atoms with Crippen LogP contribution in [0.5, 0.6) is 11.5 Å². The highest BCUT2D eigenvalue weighted by Crippen LogP contribution is 2.25. The van der Waals surface area contributed by atoms with Gasteiger partial charge in [-0.1, -0.05) is 66.6 Å². The lowest BCUT2D eigenvalue weighted by Gasteiger charge is -2.33. The number of carbonyl (C=O) groups is 3. The molecule has 0 aliphatic carbocycles. The van der Waals surface area contributed by atoms with Crippen LogP contribution in [0, 0.1) is 12.2 Å². The highest BCUT2D eigenvalue weighted by atomic mass is 32.1. The number of halogens is 3. The van der Waals surface area contributed by atoms with Gasteiger partial charge >= 0.3 is 6.36 Å². The topological polar surface area (TPSA) is 119 Å². The lowest BCUT2D eigenvalue weighted by Crippen LogP contribution is -2.56. The molecule has 0 radical (unpaired) electrons. The second-order valence-electron chi connectivity index (χ2n) is 10.4. The number of nitrogens with zero attached hydrogens (tertiary/aromatic N) is 2. The fourth-order valence-electron chi connectivity index (χ4n) is 4.94. The molecule has 4 rings (SSSR count). The number of benzene rings is 3. The maximum atomic E-state index is 13.8. The highest BCUT2D eigenvalue weighted by molar-refractivity contribution is 7.88. The van der Waals surface area contributed by atoms with Crippen LogP contribution in [0.2, 0.25) is 0 Å². The van der Waals surface area contributed by atoms with Crippen molar-refractivity contribution in [3.05, 3.63) is 95.1 Å². The number of carbonyl (C=O) groups excluding carboxylic acids is 3. The lowest BCUT2D eigenvalue weighted by molar-refractivity contribution is -0.274. The number of hydrogen-bond acceptors (Lipinski definition) is 6. The second kappa shape index (κ2) is 14.5. The summed E-state index contributed by atoms with van der Waals surface area (Å²) in [6.07, 6.45) is -6.37. The molecule has 3 aromatic carbocycles. The quantitative estimate of drug-likeness (QED) is 0.298. The lowest BCUT2D eigenvalue weighted by atomic mass is 9.98. The van der Waals surface area contributed by atoms with Crippen molar-refractivity contribution in [3.8, 4) is 16.8 Å². The summed E-state index contributed by atoms with van der Waals surface area (Å²) in [6, 6.07) is 16.5. The van der Waals surface area contributed by atoms with Crippen LogP contribution in [0.1, 0.15) is 40.4 Å². The second-order valence-corrected chi connectivity index (χ2v) is 11.1. The summed E-state index contributed by atoms with van der Waals surface area (Å²) in [5, 5.41) is 27.1. The predicted octanol–water partition coefficient (Wildman–Crippen LogP) is 4.56. The smallest absolute Gasteiger partial charge is 0.508 e. The molecule has 3 N–H and O–H groups in total. The average Bonchev–Trinajstić information content (AvgIpc) is 3.15. The molecule has 1 unspecified atom stereocenters. The summed E-state index contributed by atoms with van der Waals surface area (Å²) in [5.41, 5.74) is 1.58. The van der Waals surface area contributed by atoms with Crippen LogP contribution >= 0.6 is 11.2 Å². The fraction of sp³-hybridized carbons (Fsp3) is 0.312. The van der Waals surface area contributed by atoms with E-state index in [0.29, 0.717) is 11.1 Å². The summed E-state index contributed by atoms with van der Waals surface area (Å²) in [4.78, 5) is 43.1. The molecule has 0 saturated carbocycles. The largest absolute Gasteiger partial charge is 0.573 e. The molecule has 1 heterocycles. The molecule has 1 aliphatic heterocycles. The van der Waals surface area contributed by atoms with E-state index in [1.54, 1.807) is 44.2 Å². The van der Waals surface area contributed by atoms with E-state index in [9.17, 15) is 37.8 Å². The molecule has 13 heteroatoms. The Hall–Kier alpha value is -4.58. The standard InChI is InChI=1S/C32H32F3N3O6S/c1-3-26-30(42)37(17-22-11-7-12-23(15-22)44-32(33,34)35)18-45-19-38(26)31(43)28(40)25(16-21-9-5-4-6-10-21)36-29(41)24-13-8-14-27(39)20(24)2/h4-15,25-26,28,39-40H,3,16-17,19H2,1-2H3,(H,36,41)/t25?,26-,28-/m0/s1. The van der Waals surface area contributed by atoms with Crippen LogP contribution in [0.3, 0.4) is 0 Å². The molecule has 3 aromatic rings. The van der Waals surface area contributed by atoms with Crippen molar-refractivity contribution in [2.75, 3.05) is 5.88 Å². The van der Waals surface area contributed by atoms with Gasteiger partial charge in [0.2, 0.25) is 0 Å². The minimum atomic E-state index is -4.88. The Morgan fingerprint density at radius 2 is 1.78 bits per heavy atom. The monoisotopic (exact) mass is 643 g/mol. The summed E-state index contributed by atoms with van der Waals surface area (Å²) in [6.45, 7) is 3.13. The maximum absolute atomic E-state index is 13.8. The van der Waals surface area contributed by atoms with Gasteiger partial charge in [-0.05, 0) is 55.2 Å². The van der Waals surface area contributed by atoms with Crippen LogP contribution in [0.25, 0.3) is 0 Å². The van der Waals surface area contributed by atoms with E-state index < -0.39 is 48.0 Å². The summed E-state index contributed by atoms with van der Waals surface area (Å²) in [7, 11) is 0. The van der Waals surface area contributed by atoms with E-state index in [4.69, 9.17) is 0 Å². The zero-order chi connectivity index (χ0) is 32.7. The molecule has 0 saturated heterocycles. The Labute approximate surface area is 261 Å². The number of aliphatic hydroxyl groups is 1. The fourth-order valence-corrected chi connectivity index (χ4v) is 5.75. The minimum Gasteiger partial charge on any atom is -0.508 e. The molecule has 0 aromatic heterocycles. The molecule has 0 spiro atoms. The van der Waals surface area contributed by atoms with Gasteiger partial charge in [-0.2, -0.15) is 0 Å². The van der Waals surface area contributed by atoms with Crippen LogP contribution in [0.15, 0.2) is 72.8 Å². The number of alkyl halides is 3. The van der Waals surface area contributed by atoms with Crippen molar-refractivity contribution < 1.29 is 42.5 Å². The predicted molar refractivity (Wildman–Crippen MR) is 161 cm³/mol. The van der Waals surface area contributed by atoms with Crippen molar-refractivity contribution >= 4 is 28.9 Å². The molecular formula is C32H32F3N3O6S. The van der Waals surface area contributed by atoms with E-state index in [-0.39, 0.29) is 36.6 Å². The number of aromatic hydroxyl groups is 1. The van der Waals surface area contributed by atoms with Crippen molar-refractivity contribution in [1.82, 2.24) is 15.1 Å². The number of ether oxygens (including phenoxy) is 1. The molecule has 0 fully saturated rings. The van der Waals surface area contributed by atoms with E-state index in [1.165, 1.54) is 40.1 Å². The molecule has 3 amide bonds. The molecule has 45 heavy (non-hydrogen) atoms. The summed E-state index contributed by atoms with van der Waals surface area (Å²) >= 11 is 0.987. The number of phenolic OH excluding ortho intramolecular Hbond substituents is 1. The third-order valence-corrected chi connectivity index (χ3v) is 8.00. The molecular weight excluding hydrogens is 611 g/mol. The number of rotatable bonds is 10. The van der Waals surface area contributed by atoms with Crippen LogP contribution < -0.4 is 10.1 Å². The first-order valence-corrected chi connectivity index (χ1v) is 15.0. The third kappa shape index (κ3) is 8.53. The zero-order valence-electron chi connectivity index (χ0n) is 24.5. The normalized spacial score (nSPS) is 16.4. The average molecular weight is 644 g/mol. The first-order chi connectivity index (χ1) is 21.4. The van der Waals surface area contributed by atoms with Crippen molar-refractivity contribution in [2.24, 2.45) is 0 Å².